The number of aryl methyl sites for hydroxylation is 1. The van der Waals surface area contributed by atoms with Gasteiger partial charge in [0.2, 0.25) is 0 Å². The molecule has 0 bridgehead atoms. The topological polar surface area (TPSA) is 89.1 Å². The molecule has 134 valence electrons. The normalized spacial score (nSPS) is 21.3. The van der Waals surface area contributed by atoms with Crippen molar-refractivity contribution in [1.82, 2.24) is 20.1 Å². The van der Waals surface area contributed by atoms with Gasteiger partial charge in [-0.3, -0.25) is 9.48 Å². The summed E-state index contributed by atoms with van der Waals surface area (Å²) in [5.74, 6) is 0.170. The highest BCUT2D eigenvalue weighted by molar-refractivity contribution is 7.13. The van der Waals surface area contributed by atoms with Crippen LogP contribution in [0.5, 0.6) is 0 Å². The molecule has 2 aliphatic rings. The Morgan fingerprint density at radius 3 is 2.88 bits per heavy atom. The van der Waals surface area contributed by atoms with Gasteiger partial charge < -0.3 is 16.0 Å². The number of nitrogens with two attached hydrogens (primary N) is 1. The van der Waals surface area contributed by atoms with Gasteiger partial charge in [-0.1, -0.05) is 0 Å². The van der Waals surface area contributed by atoms with E-state index in [1.54, 1.807) is 17.5 Å². The minimum Gasteiger partial charge on any atom is -0.365 e. The number of carbonyl (C=O) groups is 1. The number of piperidine rings is 1. The second-order valence-corrected chi connectivity index (χ2v) is 7.81. The van der Waals surface area contributed by atoms with Crippen LogP contribution in [0.15, 0.2) is 17.8 Å². The number of fused-ring (bicyclic) bond motifs is 1. The standard InChI is InChI=1S/C17H24N6OS/c18-16(24)14-11-21-23-7-1-12(9-15(14)23)10-20-13-2-5-22(6-3-13)17-19-4-8-25-17/h4,8,11-13,20H,1-3,5-7,9-10H2,(H2,18,24)/t12-/m0/s1. The summed E-state index contributed by atoms with van der Waals surface area (Å²) < 4.78 is 1.93. The second kappa shape index (κ2) is 7.13. The van der Waals surface area contributed by atoms with E-state index in [4.69, 9.17) is 5.73 Å². The molecular weight excluding hydrogens is 336 g/mol. The molecule has 8 heteroatoms. The number of aromatic nitrogens is 3. The number of primary amides is 1. The zero-order chi connectivity index (χ0) is 17.2. The van der Waals surface area contributed by atoms with E-state index in [1.807, 2.05) is 16.3 Å². The van der Waals surface area contributed by atoms with Crippen LogP contribution in [0.3, 0.4) is 0 Å². The van der Waals surface area contributed by atoms with Crippen LogP contribution >= 0.6 is 11.3 Å². The molecular formula is C17H24N6OS. The smallest absolute Gasteiger partial charge is 0.252 e. The Bertz CT molecular complexity index is 720. The lowest BCUT2D eigenvalue weighted by Crippen LogP contribution is -2.44. The van der Waals surface area contributed by atoms with Crippen LogP contribution in [-0.4, -0.2) is 46.3 Å². The summed E-state index contributed by atoms with van der Waals surface area (Å²) in [5.41, 5.74) is 7.04. The predicted molar refractivity (Wildman–Crippen MR) is 97.9 cm³/mol. The summed E-state index contributed by atoms with van der Waals surface area (Å²) >= 11 is 1.71. The average molecular weight is 360 g/mol. The van der Waals surface area contributed by atoms with Gasteiger partial charge in [0, 0.05) is 37.3 Å². The summed E-state index contributed by atoms with van der Waals surface area (Å²) in [6, 6.07) is 0.568. The van der Waals surface area contributed by atoms with E-state index in [0.29, 0.717) is 17.5 Å². The van der Waals surface area contributed by atoms with Crippen LogP contribution in [0.2, 0.25) is 0 Å². The lowest BCUT2D eigenvalue weighted by atomic mass is 9.93. The zero-order valence-electron chi connectivity index (χ0n) is 14.2. The Morgan fingerprint density at radius 2 is 2.16 bits per heavy atom. The maximum absolute atomic E-state index is 11.5. The van der Waals surface area contributed by atoms with Gasteiger partial charge in [0.25, 0.3) is 5.91 Å². The van der Waals surface area contributed by atoms with Crippen molar-refractivity contribution < 1.29 is 4.79 Å². The highest BCUT2D eigenvalue weighted by Gasteiger charge is 2.26. The molecule has 1 amide bonds. The molecule has 0 spiro atoms. The number of anilines is 1. The molecule has 4 rings (SSSR count). The molecule has 2 aliphatic heterocycles. The van der Waals surface area contributed by atoms with E-state index in [9.17, 15) is 4.79 Å². The Balaban J connectivity index is 1.27. The van der Waals surface area contributed by atoms with E-state index in [2.05, 4.69) is 20.3 Å². The fourth-order valence-corrected chi connectivity index (χ4v) is 4.56. The van der Waals surface area contributed by atoms with Gasteiger partial charge in [-0.25, -0.2) is 4.98 Å². The maximum Gasteiger partial charge on any atom is 0.252 e. The van der Waals surface area contributed by atoms with Gasteiger partial charge in [0.15, 0.2) is 5.13 Å². The Kier molecular flexibility index (Phi) is 4.72. The lowest BCUT2D eigenvalue weighted by molar-refractivity contribution is 0.0998. The first-order chi connectivity index (χ1) is 12.2. The van der Waals surface area contributed by atoms with Crippen LogP contribution < -0.4 is 16.0 Å². The van der Waals surface area contributed by atoms with Gasteiger partial charge in [0.05, 0.1) is 17.5 Å². The van der Waals surface area contributed by atoms with Gasteiger partial charge in [0.1, 0.15) is 0 Å². The molecule has 1 fully saturated rings. The molecule has 1 saturated heterocycles. The third-order valence-corrected chi connectivity index (χ3v) is 6.16. The monoisotopic (exact) mass is 360 g/mol. The number of carbonyl (C=O) groups excluding carboxylic acids is 1. The number of nitrogens with zero attached hydrogens (tertiary/aromatic N) is 4. The highest BCUT2D eigenvalue weighted by atomic mass is 32.1. The zero-order valence-corrected chi connectivity index (χ0v) is 15.0. The molecule has 7 nitrogen and oxygen atoms in total. The molecule has 0 radical (unpaired) electrons. The third-order valence-electron chi connectivity index (χ3n) is 5.33. The molecule has 25 heavy (non-hydrogen) atoms. The fraction of sp³-hybridized carbons (Fsp3) is 0.588. The highest BCUT2D eigenvalue weighted by Crippen LogP contribution is 2.24. The van der Waals surface area contributed by atoms with Crippen LogP contribution in [0.4, 0.5) is 5.13 Å². The van der Waals surface area contributed by atoms with E-state index in [0.717, 1.165) is 62.7 Å². The van der Waals surface area contributed by atoms with Gasteiger partial charge in [-0.05, 0) is 38.1 Å². The van der Waals surface area contributed by atoms with Gasteiger partial charge in [-0.2, -0.15) is 5.10 Å². The summed E-state index contributed by atoms with van der Waals surface area (Å²) in [7, 11) is 0. The minimum absolute atomic E-state index is 0.371. The summed E-state index contributed by atoms with van der Waals surface area (Å²) in [6.45, 7) is 3.99. The Labute approximate surface area is 151 Å². The lowest BCUT2D eigenvalue weighted by Gasteiger charge is -2.33. The van der Waals surface area contributed by atoms with Crippen molar-refractivity contribution in [1.29, 1.82) is 0 Å². The Hall–Kier alpha value is -1.93. The largest absolute Gasteiger partial charge is 0.365 e. The van der Waals surface area contributed by atoms with Crippen molar-refractivity contribution in [3.05, 3.63) is 29.0 Å². The van der Waals surface area contributed by atoms with Crippen LogP contribution in [0, 0.1) is 5.92 Å². The summed E-state index contributed by atoms with van der Waals surface area (Å²) in [5, 5.41) is 11.2. The molecule has 1 atom stereocenters. The van der Waals surface area contributed by atoms with E-state index in [-0.39, 0.29) is 5.91 Å². The predicted octanol–water partition coefficient (Wildman–Crippen LogP) is 1.26. The van der Waals surface area contributed by atoms with Crippen LogP contribution in [-0.2, 0) is 13.0 Å². The van der Waals surface area contributed by atoms with Crippen molar-refractivity contribution in [3.63, 3.8) is 0 Å². The SMILES string of the molecule is NC(=O)c1cnn2c1C[C@@H](CNC1CCN(c3nccs3)CC1)CC2. The first-order valence-corrected chi connectivity index (χ1v) is 9.81. The van der Waals surface area contributed by atoms with Crippen molar-refractivity contribution in [2.24, 2.45) is 11.7 Å². The molecule has 0 saturated carbocycles. The summed E-state index contributed by atoms with van der Waals surface area (Å²) in [6.07, 6.45) is 7.76. The first-order valence-electron chi connectivity index (χ1n) is 8.93. The maximum atomic E-state index is 11.5. The Morgan fingerprint density at radius 1 is 1.32 bits per heavy atom. The van der Waals surface area contributed by atoms with E-state index >= 15 is 0 Å². The van der Waals surface area contributed by atoms with Gasteiger partial charge >= 0.3 is 0 Å². The van der Waals surface area contributed by atoms with Gasteiger partial charge in [-0.15, -0.1) is 11.3 Å². The molecule has 0 aliphatic carbocycles. The fourth-order valence-electron chi connectivity index (χ4n) is 3.86. The average Bonchev–Trinajstić information content (AvgIpc) is 3.29. The van der Waals surface area contributed by atoms with Crippen molar-refractivity contribution in [2.75, 3.05) is 24.5 Å². The molecule has 3 N–H and O–H groups in total. The molecule has 2 aromatic heterocycles. The molecule has 4 heterocycles. The van der Waals surface area contributed by atoms with E-state index in [1.165, 1.54) is 0 Å². The minimum atomic E-state index is -0.371. The van der Waals surface area contributed by atoms with Crippen LogP contribution in [0.1, 0.15) is 35.3 Å². The second-order valence-electron chi connectivity index (χ2n) is 6.94. The van der Waals surface area contributed by atoms with Crippen molar-refractivity contribution in [3.8, 4) is 0 Å². The van der Waals surface area contributed by atoms with Crippen LogP contribution in [0.25, 0.3) is 0 Å². The number of hydrogen-bond donors (Lipinski definition) is 2. The number of nitrogens with one attached hydrogen (secondary N) is 1. The first kappa shape index (κ1) is 16.5. The van der Waals surface area contributed by atoms with Crippen molar-refractivity contribution in [2.45, 2.75) is 38.3 Å². The number of amides is 1. The molecule has 0 unspecified atom stereocenters. The third kappa shape index (κ3) is 3.55. The number of rotatable bonds is 5. The summed E-state index contributed by atoms with van der Waals surface area (Å²) in [4.78, 5) is 18.3. The number of hydrogen-bond acceptors (Lipinski definition) is 6. The van der Waals surface area contributed by atoms with E-state index < -0.39 is 0 Å². The van der Waals surface area contributed by atoms with Crippen molar-refractivity contribution >= 4 is 22.4 Å². The molecule has 2 aromatic rings. The number of thiazole rings is 1. The molecule has 0 aromatic carbocycles. The quantitative estimate of drug-likeness (QED) is 0.838.